The van der Waals surface area contributed by atoms with Crippen LogP contribution in [0.5, 0.6) is 11.5 Å². The van der Waals surface area contributed by atoms with Crippen LogP contribution in [0.25, 0.3) is 0 Å². The van der Waals surface area contributed by atoms with Gasteiger partial charge in [0.1, 0.15) is 17.5 Å². The number of ether oxygens (including phenoxy) is 2. The molecule has 0 saturated heterocycles. The van der Waals surface area contributed by atoms with E-state index in [0.29, 0.717) is 23.6 Å². The zero-order valence-corrected chi connectivity index (χ0v) is 18.2. The highest BCUT2D eigenvalue weighted by Gasteiger charge is 2.32. The van der Waals surface area contributed by atoms with Crippen molar-refractivity contribution < 1.29 is 22.7 Å². The molecule has 0 heterocycles. The normalized spacial score (nSPS) is 13.3. The number of nitrogens with one attached hydrogen (secondary N) is 1. The average Bonchev–Trinajstić information content (AvgIpc) is 2.70. The Morgan fingerprint density at radius 2 is 1.76 bits per heavy atom. The molecule has 7 nitrogen and oxygen atoms in total. The first-order chi connectivity index (χ1) is 13.7. The van der Waals surface area contributed by atoms with Gasteiger partial charge in [0.2, 0.25) is 15.9 Å². The number of carbonyl (C=O) groups excluding carboxylic acids is 1. The number of hydrogen-bond donors (Lipinski definition) is 1. The van der Waals surface area contributed by atoms with Crippen molar-refractivity contribution in [3.8, 4) is 11.5 Å². The second kappa shape index (κ2) is 9.65. The summed E-state index contributed by atoms with van der Waals surface area (Å²) < 4.78 is 36.8. The van der Waals surface area contributed by atoms with E-state index in [-0.39, 0.29) is 5.91 Å². The van der Waals surface area contributed by atoms with Gasteiger partial charge in [0.05, 0.1) is 32.2 Å². The number of sulfonamides is 1. The molecule has 1 amide bonds. The second-order valence-corrected chi connectivity index (χ2v) is 8.52. The molecule has 0 aromatic heterocycles. The van der Waals surface area contributed by atoms with Crippen molar-refractivity contribution in [2.45, 2.75) is 32.4 Å². The molecular formula is C21H28N2O5S. The minimum Gasteiger partial charge on any atom is -0.497 e. The summed E-state index contributed by atoms with van der Waals surface area (Å²) in [5.41, 5.74) is 1.18. The predicted molar refractivity (Wildman–Crippen MR) is 114 cm³/mol. The van der Waals surface area contributed by atoms with Gasteiger partial charge in [-0.3, -0.25) is 9.10 Å². The Hall–Kier alpha value is -2.74. The summed E-state index contributed by atoms with van der Waals surface area (Å²) in [5.74, 6) is 0.852. The van der Waals surface area contributed by atoms with Crippen molar-refractivity contribution in [3.63, 3.8) is 0 Å². The molecule has 0 bridgehead atoms. The first-order valence-electron chi connectivity index (χ1n) is 9.29. The van der Waals surface area contributed by atoms with Crippen LogP contribution in [0.2, 0.25) is 0 Å². The fourth-order valence-corrected chi connectivity index (χ4v) is 4.41. The third-order valence-electron chi connectivity index (χ3n) is 4.60. The van der Waals surface area contributed by atoms with Crippen LogP contribution < -0.4 is 19.1 Å². The molecular weight excluding hydrogens is 392 g/mol. The van der Waals surface area contributed by atoms with Crippen molar-refractivity contribution in [3.05, 3.63) is 54.1 Å². The lowest BCUT2D eigenvalue weighted by atomic mass is 10.1. The van der Waals surface area contributed by atoms with E-state index >= 15 is 0 Å². The average molecular weight is 421 g/mol. The zero-order chi connectivity index (χ0) is 21.6. The highest BCUT2D eigenvalue weighted by atomic mass is 32.2. The number of rotatable bonds is 9. The summed E-state index contributed by atoms with van der Waals surface area (Å²) in [7, 11) is -0.558. The van der Waals surface area contributed by atoms with Gasteiger partial charge in [0, 0.05) is 5.56 Å². The van der Waals surface area contributed by atoms with Crippen LogP contribution in [0.1, 0.15) is 31.9 Å². The number of methoxy groups -OCH3 is 2. The Morgan fingerprint density at radius 1 is 1.10 bits per heavy atom. The molecule has 29 heavy (non-hydrogen) atoms. The van der Waals surface area contributed by atoms with E-state index in [9.17, 15) is 13.2 Å². The molecule has 8 heteroatoms. The topological polar surface area (TPSA) is 84.9 Å². The van der Waals surface area contributed by atoms with Crippen molar-refractivity contribution >= 4 is 21.6 Å². The van der Waals surface area contributed by atoms with Gasteiger partial charge in [-0.15, -0.1) is 0 Å². The third-order valence-corrected chi connectivity index (χ3v) is 5.78. The molecule has 2 rings (SSSR count). The van der Waals surface area contributed by atoms with E-state index in [0.717, 1.165) is 16.1 Å². The molecule has 0 aliphatic rings. The lowest BCUT2D eigenvalue weighted by molar-refractivity contribution is -0.122. The molecule has 0 radical (unpaired) electrons. The maximum Gasteiger partial charge on any atom is 0.244 e. The van der Waals surface area contributed by atoms with Crippen LogP contribution in [-0.2, 0) is 14.8 Å². The van der Waals surface area contributed by atoms with Crippen molar-refractivity contribution in [1.82, 2.24) is 5.32 Å². The number of amides is 1. The molecule has 0 fully saturated rings. The number of nitrogens with zero attached hydrogens (tertiary/aromatic N) is 1. The molecule has 2 aromatic carbocycles. The first-order valence-corrected chi connectivity index (χ1v) is 11.1. The Balaban J connectivity index is 2.34. The van der Waals surface area contributed by atoms with Gasteiger partial charge in [-0.2, -0.15) is 0 Å². The summed E-state index contributed by atoms with van der Waals surface area (Å²) in [6, 6.07) is 12.6. The molecule has 2 atom stereocenters. The van der Waals surface area contributed by atoms with Crippen LogP contribution in [0, 0.1) is 0 Å². The van der Waals surface area contributed by atoms with Gasteiger partial charge in [0.25, 0.3) is 0 Å². The highest BCUT2D eigenvalue weighted by Crippen LogP contribution is 2.30. The van der Waals surface area contributed by atoms with Crippen LogP contribution in [0.4, 0.5) is 5.69 Å². The molecule has 0 aliphatic heterocycles. The maximum atomic E-state index is 13.1. The van der Waals surface area contributed by atoms with Crippen molar-refractivity contribution in [1.29, 1.82) is 0 Å². The molecule has 1 N–H and O–H groups in total. The zero-order valence-electron chi connectivity index (χ0n) is 17.4. The van der Waals surface area contributed by atoms with E-state index in [1.165, 1.54) is 0 Å². The maximum absolute atomic E-state index is 13.1. The number of hydrogen-bond acceptors (Lipinski definition) is 5. The largest absolute Gasteiger partial charge is 0.497 e. The standard InChI is InChI=1S/C21H28N2O5S/c1-6-19(23(29(5,25)26)16-10-8-7-9-11-16)21(24)22-15(2)18-14-17(27-3)12-13-20(18)28-4/h7-15,19H,6H2,1-5H3,(H,22,24)/t15-,19+/m0/s1. The lowest BCUT2D eigenvalue weighted by Gasteiger charge is -2.31. The monoisotopic (exact) mass is 420 g/mol. The summed E-state index contributed by atoms with van der Waals surface area (Å²) in [6.07, 6.45) is 1.42. The summed E-state index contributed by atoms with van der Waals surface area (Å²) in [4.78, 5) is 13.1. The molecule has 0 spiro atoms. The Morgan fingerprint density at radius 3 is 2.28 bits per heavy atom. The smallest absolute Gasteiger partial charge is 0.244 e. The van der Waals surface area contributed by atoms with E-state index in [4.69, 9.17) is 9.47 Å². The van der Waals surface area contributed by atoms with Gasteiger partial charge >= 0.3 is 0 Å². The van der Waals surface area contributed by atoms with Gasteiger partial charge in [-0.1, -0.05) is 25.1 Å². The summed E-state index contributed by atoms with van der Waals surface area (Å²) in [5, 5.41) is 2.91. The van der Waals surface area contributed by atoms with Gasteiger partial charge in [-0.05, 0) is 43.7 Å². The van der Waals surface area contributed by atoms with Crippen molar-refractivity contribution in [2.75, 3.05) is 24.8 Å². The Kier molecular flexibility index (Phi) is 7.50. The van der Waals surface area contributed by atoms with E-state index in [1.54, 1.807) is 69.7 Å². The Bertz CT molecular complexity index is 931. The third kappa shape index (κ3) is 5.41. The van der Waals surface area contributed by atoms with Crippen molar-refractivity contribution in [2.24, 2.45) is 0 Å². The summed E-state index contributed by atoms with van der Waals surface area (Å²) >= 11 is 0. The van der Waals surface area contributed by atoms with E-state index < -0.39 is 22.1 Å². The quantitative estimate of drug-likeness (QED) is 0.674. The fourth-order valence-electron chi connectivity index (χ4n) is 3.20. The highest BCUT2D eigenvalue weighted by molar-refractivity contribution is 7.92. The number of para-hydroxylation sites is 1. The van der Waals surface area contributed by atoms with Crippen LogP contribution in [0.15, 0.2) is 48.5 Å². The molecule has 0 unspecified atom stereocenters. The van der Waals surface area contributed by atoms with Crippen LogP contribution in [-0.4, -0.2) is 40.8 Å². The predicted octanol–water partition coefficient (Wildman–Crippen LogP) is 3.13. The SMILES string of the molecule is CC[C@H](C(=O)N[C@@H](C)c1cc(OC)ccc1OC)N(c1ccccc1)S(C)(=O)=O. The fraction of sp³-hybridized carbons (Fsp3) is 0.381. The number of anilines is 1. The second-order valence-electron chi connectivity index (χ2n) is 6.66. The molecule has 0 aliphatic carbocycles. The lowest BCUT2D eigenvalue weighted by Crippen LogP contribution is -2.49. The van der Waals surface area contributed by atoms with Gasteiger partial charge in [0.15, 0.2) is 0 Å². The Labute approximate surface area is 172 Å². The minimum absolute atomic E-state index is 0.315. The summed E-state index contributed by atoms with van der Waals surface area (Å²) in [6.45, 7) is 3.59. The van der Waals surface area contributed by atoms with Gasteiger partial charge < -0.3 is 14.8 Å². The van der Waals surface area contributed by atoms with E-state index in [1.807, 2.05) is 6.92 Å². The number of carbonyl (C=O) groups is 1. The van der Waals surface area contributed by atoms with Gasteiger partial charge in [-0.25, -0.2) is 8.42 Å². The van der Waals surface area contributed by atoms with E-state index in [2.05, 4.69) is 5.32 Å². The number of benzene rings is 2. The van der Waals surface area contributed by atoms with Crippen LogP contribution in [0.3, 0.4) is 0 Å². The molecule has 2 aromatic rings. The minimum atomic E-state index is -3.67. The van der Waals surface area contributed by atoms with Crippen LogP contribution >= 0.6 is 0 Å². The molecule has 0 saturated carbocycles. The molecule has 158 valence electrons. The first kappa shape index (κ1) is 22.5.